The van der Waals surface area contributed by atoms with Crippen molar-refractivity contribution in [3.8, 4) is 0 Å². The van der Waals surface area contributed by atoms with Crippen molar-refractivity contribution in [1.29, 1.82) is 0 Å². The Kier molecular flexibility index (Phi) is 5.15. The van der Waals surface area contributed by atoms with Crippen LogP contribution < -0.4 is 0 Å². The van der Waals surface area contributed by atoms with Crippen molar-refractivity contribution in [3.63, 3.8) is 0 Å². The van der Waals surface area contributed by atoms with E-state index in [4.69, 9.17) is 4.52 Å². The second-order valence-corrected chi connectivity index (χ2v) is 8.40. The van der Waals surface area contributed by atoms with E-state index in [9.17, 15) is 8.42 Å². The summed E-state index contributed by atoms with van der Waals surface area (Å²) in [5.74, 6) is 0.833. The summed E-state index contributed by atoms with van der Waals surface area (Å²) >= 11 is 0. The fourth-order valence-electron chi connectivity index (χ4n) is 3.49. The van der Waals surface area contributed by atoms with Crippen molar-refractivity contribution in [1.82, 2.24) is 14.4 Å². The first-order valence-corrected chi connectivity index (χ1v) is 9.84. The first-order chi connectivity index (χ1) is 10.6. The Morgan fingerprint density at radius 1 is 1.18 bits per heavy atom. The van der Waals surface area contributed by atoms with Crippen LogP contribution in [0.4, 0.5) is 0 Å². The van der Waals surface area contributed by atoms with Crippen molar-refractivity contribution in [3.05, 3.63) is 18.0 Å². The largest absolute Gasteiger partial charge is 0.364 e. The van der Waals surface area contributed by atoms with Crippen LogP contribution >= 0.6 is 0 Å². The van der Waals surface area contributed by atoms with Crippen molar-refractivity contribution in [2.24, 2.45) is 5.92 Å². The number of rotatable bonds is 6. The molecule has 2 aliphatic rings. The molecule has 124 valence electrons. The molecular weight excluding hydrogens is 302 g/mol. The van der Waals surface area contributed by atoms with Gasteiger partial charge in [0.05, 0.1) is 5.69 Å². The van der Waals surface area contributed by atoms with E-state index in [1.54, 1.807) is 10.4 Å². The highest BCUT2D eigenvalue weighted by molar-refractivity contribution is 7.88. The summed E-state index contributed by atoms with van der Waals surface area (Å²) < 4.78 is 31.0. The molecule has 1 aromatic heterocycles. The molecule has 7 heteroatoms. The van der Waals surface area contributed by atoms with E-state index in [1.165, 1.54) is 38.4 Å². The Balaban J connectivity index is 1.44. The standard InChI is InChI=1S/C15H25N3O3S/c19-22(20,13-15-6-12-21-16-15)18-10-8-17(9-11-18)7-5-14-3-1-2-4-14/h6,12,14H,1-5,7-11,13H2. The molecule has 0 bridgehead atoms. The van der Waals surface area contributed by atoms with Gasteiger partial charge in [0.1, 0.15) is 12.0 Å². The van der Waals surface area contributed by atoms with Crippen LogP contribution in [0.3, 0.4) is 0 Å². The predicted octanol–water partition coefficient (Wildman–Crippen LogP) is 1.70. The van der Waals surface area contributed by atoms with Gasteiger partial charge in [0.25, 0.3) is 0 Å². The lowest BCUT2D eigenvalue weighted by atomic mass is 10.0. The maximum Gasteiger partial charge on any atom is 0.220 e. The molecule has 3 rings (SSSR count). The van der Waals surface area contributed by atoms with Gasteiger partial charge in [0, 0.05) is 32.2 Å². The van der Waals surface area contributed by atoms with Gasteiger partial charge in [-0.25, -0.2) is 8.42 Å². The van der Waals surface area contributed by atoms with Crippen LogP contribution in [0.2, 0.25) is 0 Å². The Morgan fingerprint density at radius 2 is 1.91 bits per heavy atom. The molecule has 0 aromatic carbocycles. The highest BCUT2D eigenvalue weighted by Gasteiger charge is 2.28. The van der Waals surface area contributed by atoms with E-state index in [2.05, 4.69) is 10.1 Å². The minimum atomic E-state index is -3.28. The molecule has 1 aliphatic carbocycles. The van der Waals surface area contributed by atoms with Crippen LogP contribution in [0.15, 0.2) is 16.9 Å². The number of hydrogen-bond donors (Lipinski definition) is 0. The molecule has 0 unspecified atom stereocenters. The minimum Gasteiger partial charge on any atom is -0.364 e. The molecule has 2 fully saturated rings. The SMILES string of the molecule is O=S(=O)(Cc1ccon1)N1CCN(CCC2CCCC2)CC1. The molecule has 0 radical (unpaired) electrons. The molecule has 0 spiro atoms. The number of hydrogen-bond acceptors (Lipinski definition) is 5. The van der Waals surface area contributed by atoms with Gasteiger partial charge in [-0.05, 0) is 18.9 Å². The fraction of sp³-hybridized carbons (Fsp3) is 0.800. The predicted molar refractivity (Wildman–Crippen MR) is 83.7 cm³/mol. The third-order valence-corrected chi connectivity index (χ3v) is 6.69. The molecule has 1 aromatic rings. The normalized spacial score (nSPS) is 22.4. The van der Waals surface area contributed by atoms with E-state index in [0.717, 1.165) is 25.6 Å². The van der Waals surface area contributed by atoms with Crippen molar-refractivity contribution in [2.45, 2.75) is 37.9 Å². The van der Waals surface area contributed by atoms with Crippen LogP contribution in [0.5, 0.6) is 0 Å². The van der Waals surface area contributed by atoms with Crippen LogP contribution in [0.25, 0.3) is 0 Å². The topological polar surface area (TPSA) is 66.7 Å². The van der Waals surface area contributed by atoms with E-state index < -0.39 is 10.0 Å². The molecule has 22 heavy (non-hydrogen) atoms. The van der Waals surface area contributed by atoms with Gasteiger partial charge in [-0.3, -0.25) is 0 Å². The summed E-state index contributed by atoms with van der Waals surface area (Å²) in [7, 11) is -3.28. The Morgan fingerprint density at radius 3 is 2.55 bits per heavy atom. The first-order valence-electron chi connectivity index (χ1n) is 8.23. The van der Waals surface area contributed by atoms with E-state index in [1.807, 2.05) is 0 Å². The van der Waals surface area contributed by atoms with Crippen LogP contribution in [0.1, 0.15) is 37.8 Å². The third kappa shape index (κ3) is 4.08. The van der Waals surface area contributed by atoms with Crippen LogP contribution in [0, 0.1) is 5.92 Å². The zero-order valence-corrected chi connectivity index (χ0v) is 13.8. The third-order valence-electron chi connectivity index (χ3n) is 4.87. The minimum absolute atomic E-state index is 0.0639. The summed E-state index contributed by atoms with van der Waals surface area (Å²) in [6.45, 7) is 3.97. The Hall–Kier alpha value is -0.920. The molecule has 0 amide bonds. The average molecular weight is 327 g/mol. The quantitative estimate of drug-likeness (QED) is 0.795. The fourth-order valence-corrected chi connectivity index (χ4v) is 4.91. The van der Waals surface area contributed by atoms with Crippen LogP contribution in [-0.4, -0.2) is 55.5 Å². The molecular formula is C15H25N3O3S. The lowest BCUT2D eigenvalue weighted by Gasteiger charge is -2.34. The van der Waals surface area contributed by atoms with Gasteiger partial charge >= 0.3 is 0 Å². The second kappa shape index (κ2) is 7.10. The average Bonchev–Trinajstić information content (AvgIpc) is 3.18. The van der Waals surface area contributed by atoms with E-state index in [0.29, 0.717) is 18.8 Å². The summed E-state index contributed by atoms with van der Waals surface area (Å²) in [5, 5.41) is 3.69. The molecule has 6 nitrogen and oxygen atoms in total. The highest BCUT2D eigenvalue weighted by atomic mass is 32.2. The summed E-state index contributed by atoms with van der Waals surface area (Å²) in [4.78, 5) is 2.40. The lowest BCUT2D eigenvalue weighted by molar-refractivity contribution is 0.178. The summed E-state index contributed by atoms with van der Waals surface area (Å²) in [6.07, 6.45) is 8.22. The molecule has 1 saturated carbocycles. The zero-order valence-electron chi connectivity index (χ0n) is 13.0. The number of sulfonamides is 1. The monoisotopic (exact) mass is 327 g/mol. The lowest BCUT2D eigenvalue weighted by Crippen LogP contribution is -2.49. The number of aromatic nitrogens is 1. The smallest absolute Gasteiger partial charge is 0.220 e. The van der Waals surface area contributed by atoms with E-state index >= 15 is 0 Å². The van der Waals surface area contributed by atoms with Gasteiger partial charge in [-0.1, -0.05) is 30.8 Å². The van der Waals surface area contributed by atoms with Gasteiger partial charge < -0.3 is 9.42 Å². The first kappa shape index (κ1) is 16.0. The summed E-state index contributed by atoms with van der Waals surface area (Å²) in [5.41, 5.74) is 0.476. The highest BCUT2D eigenvalue weighted by Crippen LogP contribution is 2.27. The van der Waals surface area contributed by atoms with Gasteiger partial charge in [0.15, 0.2) is 0 Å². The van der Waals surface area contributed by atoms with Crippen LogP contribution in [-0.2, 0) is 15.8 Å². The number of nitrogens with zero attached hydrogens (tertiary/aromatic N) is 3. The maximum absolute atomic E-state index is 12.4. The molecule has 0 atom stereocenters. The maximum atomic E-state index is 12.4. The Labute approximate surface area is 132 Å². The van der Waals surface area contributed by atoms with E-state index in [-0.39, 0.29) is 5.75 Å². The molecule has 2 heterocycles. The Bertz CT molecular complexity index is 545. The zero-order chi connectivity index (χ0) is 15.4. The number of piperazine rings is 1. The van der Waals surface area contributed by atoms with Gasteiger partial charge in [-0.2, -0.15) is 4.31 Å². The molecule has 1 aliphatic heterocycles. The van der Waals surface area contributed by atoms with Crippen molar-refractivity contribution < 1.29 is 12.9 Å². The van der Waals surface area contributed by atoms with Crippen molar-refractivity contribution in [2.75, 3.05) is 32.7 Å². The second-order valence-electron chi connectivity index (χ2n) is 6.43. The molecule has 0 N–H and O–H groups in total. The molecule has 1 saturated heterocycles. The van der Waals surface area contributed by atoms with Crippen molar-refractivity contribution >= 4 is 10.0 Å². The van der Waals surface area contributed by atoms with Gasteiger partial charge in [0.2, 0.25) is 10.0 Å². The summed E-state index contributed by atoms with van der Waals surface area (Å²) in [6, 6.07) is 1.61. The van der Waals surface area contributed by atoms with Gasteiger partial charge in [-0.15, -0.1) is 0 Å².